The smallest absolute Gasteiger partial charge is 0.277 e. The third-order valence-electron chi connectivity index (χ3n) is 3.61. The van der Waals surface area contributed by atoms with Crippen molar-refractivity contribution in [3.05, 3.63) is 59.4 Å². The average Bonchev–Trinajstić information content (AvgIpc) is 3.10. The fourth-order valence-corrected chi connectivity index (χ4v) is 2.90. The monoisotopic (exact) mass is 393 g/mol. The summed E-state index contributed by atoms with van der Waals surface area (Å²) in [6.07, 6.45) is 0. The lowest BCUT2D eigenvalue weighted by Gasteiger charge is -2.11. The quantitative estimate of drug-likeness (QED) is 0.508. The number of aromatic nitrogens is 2. The summed E-state index contributed by atoms with van der Waals surface area (Å²) in [5.74, 6) is -4.75. The van der Waals surface area contributed by atoms with Crippen LogP contribution < -0.4 is 5.32 Å². The lowest BCUT2D eigenvalue weighted by Crippen LogP contribution is -2.23. The van der Waals surface area contributed by atoms with E-state index in [9.17, 15) is 18.0 Å². The number of nitrogens with zero attached hydrogens (tertiary/aromatic N) is 2. The molecule has 0 fully saturated rings. The van der Waals surface area contributed by atoms with Crippen LogP contribution in [0.4, 0.5) is 18.9 Å². The summed E-state index contributed by atoms with van der Waals surface area (Å²) in [6.45, 7) is 3.47. The fourth-order valence-electron chi connectivity index (χ4n) is 2.21. The Bertz CT molecular complexity index is 994. The highest BCUT2D eigenvalue weighted by Crippen LogP contribution is 2.27. The molecule has 0 spiro atoms. The first-order valence-electron chi connectivity index (χ1n) is 7.86. The molecule has 2 aromatic carbocycles. The minimum Gasteiger partial charge on any atom is -0.411 e. The molecule has 1 atom stereocenters. The zero-order valence-electron chi connectivity index (χ0n) is 14.3. The Morgan fingerprint density at radius 3 is 2.67 bits per heavy atom. The maximum atomic E-state index is 13.7. The van der Waals surface area contributed by atoms with Gasteiger partial charge in [0.25, 0.3) is 5.22 Å². The number of aryl methyl sites for hydroxylation is 1. The van der Waals surface area contributed by atoms with Crippen LogP contribution in [-0.4, -0.2) is 21.4 Å². The van der Waals surface area contributed by atoms with Crippen LogP contribution in [0.3, 0.4) is 0 Å². The van der Waals surface area contributed by atoms with Crippen LogP contribution in [0.15, 0.2) is 46.0 Å². The zero-order valence-corrected chi connectivity index (χ0v) is 15.1. The SMILES string of the molecule is Cc1cccc(-c2nnc(S[C@@H](C)C(=O)Nc3ccc(F)c(F)c3F)o2)c1. The van der Waals surface area contributed by atoms with Gasteiger partial charge in [-0.15, -0.1) is 10.2 Å². The molecular weight excluding hydrogens is 379 g/mol. The molecule has 0 saturated carbocycles. The van der Waals surface area contributed by atoms with Crippen LogP contribution >= 0.6 is 11.8 Å². The molecule has 1 heterocycles. The molecule has 0 saturated heterocycles. The van der Waals surface area contributed by atoms with E-state index in [0.29, 0.717) is 5.89 Å². The van der Waals surface area contributed by atoms with Crippen molar-refractivity contribution < 1.29 is 22.4 Å². The van der Waals surface area contributed by atoms with E-state index in [1.54, 1.807) is 0 Å². The molecule has 9 heteroatoms. The molecule has 0 unspecified atom stereocenters. The lowest BCUT2D eigenvalue weighted by atomic mass is 10.1. The van der Waals surface area contributed by atoms with Crippen LogP contribution in [0.25, 0.3) is 11.5 Å². The van der Waals surface area contributed by atoms with Gasteiger partial charge in [-0.05, 0) is 38.1 Å². The van der Waals surface area contributed by atoms with E-state index < -0.39 is 34.3 Å². The van der Waals surface area contributed by atoms with Gasteiger partial charge in [-0.25, -0.2) is 13.2 Å². The molecule has 0 aliphatic heterocycles. The third kappa shape index (κ3) is 4.30. The first kappa shape index (κ1) is 19.0. The van der Waals surface area contributed by atoms with Crippen molar-refractivity contribution in [1.82, 2.24) is 10.2 Å². The van der Waals surface area contributed by atoms with Crippen LogP contribution in [-0.2, 0) is 4.79 Å². The van der Waals surface area contributed by atoms with E-state index in [2.05, 4.69) is 15.5 Å². The van der Waals surface area contributed by atoms with Gasteiger partial charge in [0.1, 0.15) is 0 Å². The van der Waals surface area contributed by atoms with Crippen molar-refractivity contribution in [2.75, 3.05) is 5.32 Å². The molecular formula is C18H14F3N3O2S. The summed E-state index contributed by atoms with van der Waals surface area (Å²) in [7, 11) is 0. The van der Waals surface area contributed by atoms with Gasteiger partial charge in [0.2, 0.25) is 11.8 Å². The van der Waals surface area contributed by atoms with E-state index in [4.69, 9.17) is 4.42 Å². The number of amides is 1. The summed E-state index contributed by atoms with van der Waals surface area (Å²) >= 11 is 0.961. The Kier molecular flexibility index (Phi) is 5.50. The Hall–Kier alpha value is -2.81. The largest absolute Gasteiger partial charge is 0.411 e. The van der Waals surface area contributed by atoms with Gasteiger partial charge in [-0.1, -0.05) is 29.5 Å². The van der Waals surface area contributed by atoms with E-state index in [1.807, 2.05) is 31.2 Å². The normalized spacial score (nSPS) is 12.0. The number of halogens is 3. The third-order valence-corrected chi connectivity index (χ3v) is 4.55. The number of hydrogen-bond acceptors (Lipinski definition) is 5. The predicted molar refractivity (Wildman–Crippen MR) is 94.7 cm³/mol. The lowest BCUT2D eigenvalue weighted by molar-refractivity contribution is -0.115. The van der Waals surface area contributed by atoms with E-state index in [0.717, 1.165) is 35.0 Å². The summed E-state index contributed by atoms with van der Waals surface area (Å²) in [5, 5.41) is 9.44. The summed E-state index contributed by atoms with van der Waals surface area (Å²) in [4.78, 5) is 12.2. The van der Waals surface area contributed by atoms with E-state index in [1.165, 1.54) is 6.92 Å². The fraction of sp³-hybridized carbons (Fsp3) is 0.167. The molecule has 1 N–H and O–H groups in total. The number of thioether (sulfide) groups is 1. The number of hydrogen-bond donors (Lipinski definition) is 1. The van der Waals surface area contributed by atoms with Crippen LogP contribution in [0.5, 0.6) is 0 Å². The Morgan fingerprint density at radius 2 is 1.93 bits per heavy atom. The highest BCUT2D eigenvalue weighted by Gasteiger charge is 2.21. The molecule has 3 rings (SSSR count). The Labute approximate surface area is 157 Å². The topological polar surface area (TPSA) is 68.0 Å². The van der Waals surface area contributed by atoms with Gasteiger partial charge in [-0.2, -0.15) is 0 Å². The van der Waals surface area contributed by atoms with Crippen molar-refractivity contribution in [2.24, 2.45) is 0 Å². The summed E-state index contributed by atoms with van der Waals surface area (Å²) < 4.78 is 45.4. The molecule has 0 radical (unpaired) electrons. The van der Waals surface area contributed by atoms with E-state index >= 15 is 0 Å². The number of rotatable bonds is 5. The van der Waals surface area contributed by atoms with Gasteiger partial charge in [0.15, 0.2) is 17.5 Å². The van der Waals surface area contributed by atoms with Gasteiger partial charge in [0.05, 0.1) is 10.9 Å². The van der Waals surface area contributed by atoms with Crippen molar-refractivity contribution in [2.45, 2.75) is 24.3 Å². The predicted octanol–water partition coefficient (Wildman–Crippen LogP) is 4.58. The minimum atomic E-state index is -1.65. The standard InChI is InChI=1S/C18H14F3N3O2S/c1-9-4-3-5-11(8-9)17-23-24-18(26-17)27-10(2)16(25)22-13-7-6-12(19)14(20)15(13)21/h3-8,10H,1-2H3,(H,22,25)/t10-/m0/s1. The second-order valence-electron chi connectivity index (χ2n) is 5.71. The Balaban J connectivity index is 1.68. The first-order valence-corrected chi connectivity index (χ1v) is 8.74. The maximum Gasteiger partial charge on any atom is 0.277 e. The summed E-state index contributed by atoms with van der Waals surface area (Å²) in [5.41, 5.74) is 1.33. The Morgan fingerprint density at radius 1 is 1.15 bits per heavy atom. The molecule has 0 aliphatic carbocycles. The van der Waals surface area contributed by atoms with Gasteiger partial charge in [-0.3, -0.25) is 4.79 Å². The second-order valence-corrected chi connectivity index (χ2v) is 7.01. The molecule has 1 amide bonds. The van der Waals surface area contributed by atoms with Crippen LogP contribution in [0.2, 0.25) is 0 Å². The van der Waals surface area contributed by atoms with Crippen molar-refractivity contribution in [1.29, 1.82) is 0 Å². The molecule has 5 nitrogen and oxygen atoms in total. The molecule has 3 aromatic rings. The molecule has 27 heavy (non-hydrogen) atoms. The number of carbonyl (C=O) groups excluding carboxylic acids is 1. The number of carbonyl (C=O) groups is 1. The maximum absolute atomic E-state index is 13.7. The van der Waals surface area contributed by atoms with Gasteiger partial charge in [0, 0.05) is 5.56 Å². The minimum absolute atomic E-state index is 0.153. The van der Waals surface area contributed by atoms with Gasteiger partial charge >= 0.3 is 0 Å². The molecule has 0 bridgehead atoms. The zero-order chi connectivity index (χ0) is 19.6. The van der Waals surface area contributed by atoms with Crippen LogP contribution in [0, 0.1) is 24.4 Å². The highest BCUT2D eigenvalue weighted by molar-refractivity contribution is 8.00. The van der Waals surface area contributed by atoms with Gasteiger partial charge < -0.3 is 9.73 Å². The number of nitrogens with one attached hydrogen (secondary N) is 1. The molecule has 140 valence electrons. The average molecular weight is 393 g/mol. The summed E-state index contributed by atoms with van der Waals surface area (Å²) in [6, 6.07) is 9.16. The molecule has 1 aromatic heterocycles. The van der Waals surface area contributed by atoms with Crippen LogP contribution in [0.1, 0.15) is 12.5 Å². The number of benzene rings is 2. The number of anilines is 1. The van der Waals surface area contributed by atoms with Crippen molar-refractivity contribution in [3.63, 3.8) is 0 Å². The first-order chi connectivity index (χ1) is 12.8. The van der Waals surface area contributed by atoms with E-state index in [-0.39, 0.29) is 5.22 Å². The highest BCUT2D eigenvalue weighted by atomic mass is 32.2. The van der Waals surface area contributed by atoms with Crippen molar-refractivity contribution in [3.8, 4) is 11.5 Å². The second kappa shape index (κ2) is 7.83. The molecule has 0 aliphatic rings. The van der Waals surface area contributed by atoms with Crippen molar-refractivity contribution >= 4 is 23.4 Å².